The zero-order chi connectivity index (χ0) is 22.2. The molecule has 8 nitrogen and oxygen atoms in total. The van der Waals surface area contributed by atoms with Gasteiger partial charge in [0.25, 0.3) is 0 Å². The number of hydrazone groups is 1. The van der Waals surface area contributed by atoms with E-state index in [4.69, 9.17) is 29.0 Å². The van der Waals surface area contributed by atoms with Crippen LogP contribution in [0.5, 0.6) is 11.5 Å². The molecule has 4 rings (SSSR count). The summed E-state index contributed by atoms with van der Waals surface area (Å²) in [6, 6.07) is 19.0. The van der Waals surface area contributed by atoms with Gasteiger partial charge >= 0.3 is 0 Å². The predicted molar refractivity (Wildman–Crippen MR) is 125 cm³/mol. The van der Waals surface area contributed by atoms with Gasteiger partial charge in [0.2, 0.25) is 5.13 Å². The molecule has 0 aliphatic heterocycles. The molecule has 0 amide bonds. The maximum Gasteiger partial charge on any atom is 0.213 e. The monoisotopic (exact) mass is 450 g/mol. The molecule has 2 aromatic heterocycles. The van der Waals surface area contributed by atoms with Crippen LogP contribution in [0.1, 0.15) is 5.56 Å². The minimum Gasteiger partial charge on any atom is -0.468 e. The van der Waals surface area contributed by atoms with Gasteiger partial charge in [0.1, 0.15) is 11.5 Å². The normalized spacial score (nSPS) is 11.2. The van der Waals surface area contributed by atoms with Crippen molar-refractivity contribution in [3.8, 4) is 11.5 Å². The number of thiazole rings is 1. The van der Waals surface area contributed by atoms with Crippen LogP contribution >= 0.6 is 11.3 Å². The van der Waals surface area contributed by atoms with Crippen molar-refractivity contribution in [3.05, 3.63) is 72.4 Å². The summed E-state index contributed by atoms with van der Waals surface area (Å²) in [6.45, 7) is 0.252. The van der Waals surface area contributed by atoms with E-state index in [-0.39, 0.29) is 13.6 Å². The van der Waals surface area contributed by atoms with Gasteiger partial charge < -0.3 is 18.9 Å². The predicted octanol–water partition coefficient (Wildman–Crippen LogP) is 4.83. The first kappa shape index (κ1) is 21.7. The number of pyridine rings is 1. The molecule has 0 N–H and O–H groups in total. The fraction of sp³-hybridized carbons (Fsp3) is 0.174. The smallest absolute Gasteiger partial charge is 0.213 e. The van der Waals surface area contributed by atoms with E-state index in [2.05, 4.69) is 4.98 Å². The molecule has 2 heterocycles. The van der Waals surface area contributed by atoms with E-state index in [1.54, 1.807) is 43.8 Å². The maximum atomic E-state index is 5.69. The minimum absolute atomic E-state index is 0.112. The van der Waals surface area contributed by atoms with E-state index in [0.29, 0.717) is 28.0 Å². The number of nitrogens with zero attached hydrogens (tertiary/aromatic N) is 4. The molecule has 0 aliphatic carbocycles. The van der Waals surface area contributed by atoms with Crippen LogP contribution in [-0.4, -0.2) is 44.0 Å². The number of fused-ring (bicyclic) bond motifs is 1. The van der Waals surface area contributed by atoms with Gasteiger partial charge in [-0.1, -0.05) is 29.5 Å². The summed E-state index contributed by atoms with van der Waals surface area (Å²) in [7, 11) is 3.14. The summed E-state index contributed by atoms with van der Waals surface area (Å²) in [4.78, 5) is 9.18. The highest BCUT2D eigenvalue weighted by Crippen LogP contribution is 2.33. The molecule has 0 saturated carbocycles. The second kappa shape index (κ2) is 10.7. The van der Waals surface area contributed by atoms with Gasteiger partial charge in [-0.25, -0.2) is 9.97 Å². The van der Waals surface area contributed by atoms with Crippen LogP contribution in [0.15, 0.2) is 72.0 Å². The number of hydrogen-bond acceptors (Lipinski definition) is 9. The Morgan fingerprint density at radius 3 is 2.56 bits per heavy atom. The van der Waals surface area contributed by atoms with Crippen molar-refractivity contribution in [2.24, 2.45) is 5.10 Å². The molecule has 0 atom stereocenters. The van der Waals surface area contributed by atoms with Crippen LogP contribution in [0.3, 0.4) is 0 Å². The lowest BCUT2D eigenvalue weighted by atomic mass is 10.2. The number of benzene rings is 2. The van der Waals surface area contributed by atoms with Crippen LogP contribution in [0, 0.1) is 0 Å². The number of para-hydroxylation sites is 1. The Balaban J connectivity index is 1.72. The quantitative estimate of drug-likeness (QED) is 0.195. The molecule has 0 bridgehead atoms. The van der Waals surface area contributed by atoms with Gasteiger partial charge in [-0.05, 0) is 42.5 Å². The third-order valence-electron chi connectivity index (χ3n) is 4.30. The van der Waals surface area contributed by atoms with E-state index in [1.807, 2.05) is 48.5 Å². The van der Waals surface area contributed by atoms with E-state index < -0.39 is 0 Å². The number of anilines is 2. The van der Waals surface area contributed by atoms with Crippen molar-refractivity contribution in [1.82, 2.24) is 9.97 Å². The molecule has 0 spiro atoms. The minimum atomic E-state index is 0.112. The molecule has 0 aliphatic rings. The van der Waals surface area contributed by atoms with E-state index in [0.717, 1.165) is 10.2 Å². The fourth-order valence-corrected chi connectivity index (χ4v) is 3.79. The SMILES string of the molecule is COCOc1ccc(OCOC)c(/C=N/N(c2ccccn2)c2nc3ccccc3s2)c1. The average molecular weight is 451 g/mol. The lowest BCUT2D eigenvalue weighted by Crippen LogP contribution is -2.11. The van der Waals surface area contributed by atoms with E-state index in [1.165, 1.54) is 11.3 Å². The Kier molecular flexibility index (Phi) is 7.23. The first-order valence-corrected chi connectivity index (χ1v) is 10.6. The summed E-state index contributed by atoms with van der Waals surface area (Å²) in [5.41, 5.74) is 1.61. The Hall–Kier alpha value is -3.53. The largest absolute Gasteiger partial charge is 0.468 e. The lowest BCUT2D eigenvalue weighted by molar-refractivity contribution is 0.0483. The van der Waals surface area contributed by atoms with Crippen LogP contribution in [0.25, 0.3) is 10.2 Å². The molecule has 0 unspecified atom stereocenters. The highest BCUT2D eigenvalue weighted by molar-refractivity contribution is 7.22. The van der Waals surface area contributed by atoms with Crippen molar-refractivity contribution >= 4 is 38.7 Å². The Morgan fingerprint density at radius 2 is 1.78 bits per heavy atom. The number of rotatable bonds is 10. The highest BCUT2D eigenvalue weighted by Gasteiger charge is 2.15. The maximum absolute atomic E-state index is 5.69. The standard InChI is InChI=1S/C23H22N4O4S/c1-28-15-30-18-10-11-20(31-16-29-2)17(13-18)14-25-27(22-9-5-6-12-24-22)23-26-19-7-3-4-8-21(19)32-23/h3-14H,15-16H2,1-2H3/b25-14+. The summed E-state index contributed by atoms with van der Waals surface area (Å²) in [6.07, 6.45) is 3.41. The molecule has 32 heavy (non-hydrogen) atoms. The zero-order valence-corrected chi connectivity index (χ0v) is 18.5. The number of aromatic nitrogens is 2. The molecule has 0 fully saturated rings. The third kappa shape index (κ3) is 5.20. The van der Waals surface area contributed by atoms with Gasteiger partial charge in [-0.3, -0.25) is 0 Å². The van der Waals surface area contributed by atoms with Crippen molar-refractivity contribution in [2.75, 3.05) is 32.8 Å². The molecule has 2 aromatic carbocycles. The van der Waals surface area contributed by atoms with Crippen molar-refractivity contribution in [2.45, 2.75) is 0 Å². The lowest BCUT2D eigenvalue weighted by Gasteiger charge is -2.15. The summed E-state index contributed by atoms with van der Waals surface area (Å²) in [5.74, 6) is 1.88. The zero-order valence-electron chi connectivity index (χ0n) is 17.7. The highest BCUT2D eigenvalue weighted by atomic mass is 32.1. The molecular formula is C23H22N4O4S. The van der Waals surface area contributed by atoms with Gasteiger partial charge in [0.05, 0.1) is 16.4 Å². The molecular weight excluding hydrogens is 428 g/mol. The Bertz CT molecular complexity index is 1150. The van der Waals surface area contributed by atoms with Gasteiger partial charge in [0, 0.05) is 26.0 Å². The molecule has 164 valence electrons. The van der Waals surface area contributed by atoms with Crippen LogP contribution in [-0.2, 0) is 9.47 Å². The summed E-state index contributed by atoms with van der Waals surface area (Å²) < 4.78 is 22.4. The number of ether oxygens (including phenoxy) is 4. The average Bonchev–Trinajstić information content (AvgIpc) is 3.26. The van der Waals surface area contributed by atoms with Crippen molar-refractivity contribution in [1.29, 1.82) is 0 Å². The van der Waals surface area contributed by atoms with Crippen LogP contribution < -0.4 is 14.5 Å². The van der Waals surface area contributed by atoms with E-state index >= 15 is 0 Å². The number of methoxy groups -OCH3 is 2. The Morgan fingerprint density at radius 1 is 0.969 bits per heavy atom. The summed E-state index contributed by atoms with van der Waals surface area (Å²) >= 11 is 1.54. The second-order valence-corrected chi connectivity index (χ2v) is 7.52. The first-order valence-electron chi connectivity index (χ1n) is 9.76. The van der Waals surface area contributed by atoms with Crippen molar-refractivity contribution < 1.29 is 18.9 Å². The van der Waals surface area contributed by atoms with Gasteiger partial charge in [-0.2, -0.15) is 10.1 Å². The van der Waals surface area contributed by atoms with Crippen molar-refractivity contribution in [3.63, 3.8) is 0 Å². The first-order chi connectivity index (χ1) is 15.8. The Labute approximate surface area is 189 Å². The van der Waals surface area contributed by atoms with Gasteiger partial charge in [0.15, 0.2) is 19.4 Å². The fourth-order valence-electron chi connectivity index (χ4n) is 2.85. The summed E-state index contributed by atoms with van der Waals surface area (Å²) in [5, 5.41) is 7.11. The van der Waals surface area contributed by atoms with Crippen LogP contribution in [0.4, 0.5) is 10.9 Å². The van der Waals surface area contributed by atoms with Crippen LogP contribution in [0.2, 0.25) is 0 Å². The molecule has 0 radical (unpaired) electrons. The molecule has 9 heteroatoms. The third-order valence-corrected chi connectivity index (χ3v) is 5.31. The van der Waals surface area contributed by atoms with E-state index in [9.17, 15) is 0 Å². The van der Waals surface area contributed by atoms with Gasteiger partial charge in [-0.15, -0.1) is 0 Å². The molecule has 4 aromatic rings. The topological polar surface area (TPSA) is 78.3 Å². The number of hydrogen-bond donors (Lipinski definition) is 0. The second-order valence-electron chi connectivity index (χ2n) is 6.51. The molecule has 0 saturated heterocycles.